The molecule has 2 atom stereocenters. The lowest BCUT2D eigenvalue weighted by atomic mass is 10.0. The first-order chi connectivity index (χ1) is 19.6. The fraction of sp³-hybridized carbons (Fsp3) is 0.310. The third-order valence-electron chi connectivity index (χ3n) is 6.01. The first kappa shape index (κ1) is 33.0. The van der Waals surface area contributed by atoms with E-state index in [2.05, 4.69) is 15.7 Å². The number of carboxylic acid groups (broad SMARTS) is 1. The van der Waals surface area contributed by atoms with Crippen molar-refractivity contribution in [2.24, 2.45) is 21.7 Å². The van der Waals surface area contributed by atoms with Crippen molar-refractivity contribution in [1.82, 2.24) is 5.43 Å². The Labute approximate surface area is 238 Å². The smallest absolute Gasteiger partial charge is 0.335 e. The Morgan fingerprint density at radius 2 is 1.61 bits per heavy atom. The number of phenols is 1. The van der Waals surface area contributed by atoms with E-state index < -0.39 is 12.0 Å². The van der Waals surface area contributed by atoms with Crippen LogP contribution in [0.25, 0.3) is 11.1 Å². The van der Waals surface area contributed by atoms with E-state index in [0.29, 0.717) is 24.2 Å². The number of aryl methyl sites for hydroxylation is 2. The molecule has 0 bridgehead atoms. The quantitative estimate of drug-likeness (QED) is 0.209. The number of carbonyl (C=O) groups is 2. The van der Waals surface area contributed by atoms with Gasteiger partial charge < -0.3 is 31.9 Å². The minimum absolute atomic E-state index is 0.0972. The molecule has 2 unspecified atom stereocenters. The number of carboxylic acids is 1. The third-order valence-corrected chi connectivity index (χ3v) is 6.01. The Morgan fingerprint density at radius 3 is 2.20 bits per heavy atom. The molecule has 12 nitrogen and oxygen atoms in total. The van der Waals surface area contributed by atoms with E-state index in [1.807, 2.05) is 39.0 Å². The van der Waals surface area contributed by atoms with Gasteiger partial charge >= 0.3 is 5.97 Å². The number of carbonyl (C=O) groups excluding carboxylic acids is 1. The Kier molecular flexibility index (Phi) is 13.0. The normalized spacial score (nSPS) is 16.2. The van der Waals surface area contributed by atoms with Crippen molar-refractivity contribution in [3.05, 3.63) is 77.4 Å². The average molecular weight is 567 g/mol. The van der Waals surface area contributed by atoms with Gasteiger partial charge in [-0.15, -0.1) is 0 Å². The van der Waals surface area contributed by atoms with Crippen LogP contribution in [-0.2, 0) is 4.79 Å². The summed E-state index contributed by atoms with van der Waals surface area (Å²) < 4.78 is 0. The fourth-order valence-corrected chi connectivity index (χ4v) is 3.69. The zero-order valence-corrected chi connectivity index (χ0v) is 23.4. The number of aromatic hydroxyl groups is 1. The van der Waals surface area contributed by atoms with Crippen LogP contribution in [0.5, 0.6) is 5.75 Å². The highest BCUT2D eigenvalue weighted by Crippen LogP contribution is 2.38. The predicted octanol–water partition coefficient (Wildman–Crippen LogP) is 2.64. The zero-order valence-electron chi connectivity index (χ0n) is 23.4. The number of rotatable bonds is 7. The minimum Gasteiger partial charge on any atom is -0.505 e. The molecule has 0 radical (unpaired) electrons. The largest absolute Gasteiger partial charge is 0.505 e. The van der Waals surface area contributed by atoms with Crippen molar-refractivity contribution in [3.8, 4) is 16.9 Å². The van der Waals surface area contributed by atoms with Gasteiger partial charge in [0, 0.05) is 18.7 Å². The number of aromatic carboxylic acids is 1. The molecule has 0 aromatic heterocycles. The second-order valence-electron chi connectivity index (χ2n) is 9.10. The second-order valence-corrected chi connectivity index (χ2v) is 9.10. The van der Waals surface area contributed by atoms with Gasteiger partial charge in [-0.1, -0.05) is 30.3 Å². The molecule has 1 saturated heterocycles. The summed E-state index contributed by atoms with van der Waals surface area (Å²) in [6.07, 6.45) is 0. The van der Waals surface area contributed by atoms with Gasteiger partial charge in [0.15, 0.2) is 11.8 Å². The Balaban J connectivity index is 0.000000653. The van der Waals surface area contributed by atoms with E-state index in [0.717, 1.165) is 16.8 Å². The molecular formula is C29H38N6O6. The van der Waals surface area contributed by atoms with Crippen LogP contribution in [0.15, 0.2) is 70.9 Å². The molecule has 1 aliphatic heterocycles. The van der Waals surface area contributed by atoms with Crippen LogP contribution in [0.2, 0.25) is 0 Å². The van der Waals surface area contributed by atoms with Crippen LogP contribution in [0.4, 0.5) is 11.4 Å². The first-order valence-electron chi connectivity index (χ1n) is 12.9. The van der Waals surface area contributed by atoms with Crippen LogP contribution in [0, 0.1) is 13.8 Å². The van der Waals surface area contributed by atoms with Crippen LogP contribution in [0.1, 0.15) is 28.4 Å². The number of phenolic OH excluding ortho intramolecular Hbond substituents is 1. The van der Waals surface area contributed by atoms with E-state index in [1.54, 1.807) is 30.3 Å². The topological polar surface area (TPSA) is 207 Å². The van der Waals surface area contributed by atoms with Crippen LogP contribution in [0.3, 0.4) is 0 Å². The molecular weight excluding hydrogens is 528 g/mol. The van der Waals surface area contributed by atoms with E-state index >= 15 is 0 Å². The number of nitrogens with two attached hydrogens (primary N) is 2. The van der Waals surface area contributed by atoms with E-state index in [1.165, 1.54) is 17.1 Å². The Morgan fingerprint density at radius 1 is 0.976 bits per heavy atom. The van der Waals surface area contributed by atoms with Crippen LogP contribution < -0.4 is 21.9 Å². The fourth-order valence-electron chi connectivity index (χ4n) is 3.69. The summed E-state index contributed by atoms with van der Waals surface area (Å²) in [5, 5.41) is 45.4. The molecule has 3 aromatic carbocycles. The number of nitrogens with zero attached hydrogens (tertiary/aromatic N) is 3. The molecule has 1 heterocycles. The number of benzene rings is 3. The van der Waals surface area contributed by atoms with E-state index in [9.17, 15) is 19.8 Å². The van der Waals surface area contributed by atoms with E-state index in [4.69, 9.17) is 21.7 Å². The maximum Gasteiger partial charge on any atom is 0.335 e. The molecule has 220 valence electrons. The number of aliphatic hydroxyl groups excluding tert-OH is 2. The number of hydrazine groups is 1. The highest BCUT2D eigenvalue weighted by Gasteiger charge is 2.39. The van der Waals surface area contributed by atoms with Gasteiger partial charge in [-0.25, -0.2) is 15.2 Å². The van der Waals surface area contributed by atoms with Crippen LogP contribution >= 0.6 is 0 Å². The van der Waals surface area contributed by atoms with Crippen molar-refractivity contribution in [1.29, 1.82) is 0 Å². The molecule has 0 saturated carbocycles. The number of aliphatic hydroxyl groups is 2. The van der Waals surface area contributed by atoms with Gasteiger partial charge in [0.2, 0.25) is 0 Å². The number of amides is 1. The van der Waals surface area contributed by atoms with Gasteiger partial charge in [0.1, 0.15) is 5.69 Å². The lowest BCUT2D eigenvalue weighted by Gasteiger charge is -2.17. The first-order valence-corrected chi connectivity index (χ1v) is 12.9. The second kappa shape index (κ2) is 16.2. The lowest BCUT2D eigenvalue weighted by Crippen LogP contribution is -2.36. The summed E-state index contributed by atoms with van der Waals surface area (Å²) in [5.41, 5.74) is 16.9. The summed E-state index contributed by atoms with van der Waals surface area (Å²) in [6, 6.07) is 15.9. The summed E-state index contributed by atoms with van der Waals surface area (Å²) in [6.45, 7) is 6.79. The molecule has 4 rings (SSSR count). The molecule has 1 aliphatic rings. The minimum atomic E-state index is -1.05. The van der Waals surface area contributed by atoms with Gasteiger partial charge in [-0.3, -0.25) is 4.79 Å². The number of hydrogen-bond donors (Lipinski definition) is 7. The predicted molar refractivity (Wildman–Crippen MR) is 157 cm³/mol. The molecule has 1 fully saturated rings. The monoisotopic (exact) mass is 566 g/mol. The highest BCUT2D eigenvalue weighted by molar-refractivity contribution is 5.99. The SMILES string of the molecule is Cc1ccc(N2NC(C)C(N=Nc3cccc(-c4cccc(C(=O)O)c4)c3O)C2=O)cc1C.NCCO.NCCO. The number of nitrogens with one attached hydrogen (secondary N) is 1. The van der Waals surface area contributed by atoms with Crippen molar-refractivity contribution in [2.75, 3.05) is 31.3 Å². The number of azo groups is 1. The molecule has 12 heteroatoms. The van der Waals surface area contributed by atoms with Crippen molar-refractivity contribution in [3.63, 3.8) is 0 Å². The standard InChI is InChI=1S/C25H24N4O4.2C2H7NO/c1-14-10-11-19(12-15(14)2)29-24(31)22(16(3)28-29)27-26-21-9-5-8-20(23(21)30)17-6-4-7-18(13-17)25(32)33;2*3-1-2-4/h4-13,16,22,28,30H,1-3H3,(H,32,33);2*4H,1-3H2. The maximum atomic E-state index is 13.0. The van der Waals surface area contributed by atoms with Gasteiger partial charge in [0.25, 0.3) is 5.91 Å². The number of anilines is 1. The zero-order chi connectivity index (χ0) is 30.5. The van der Waals surface area contributed by atoms with Crippen LogP contribution in [-0.4, -0.2) is 70.7 Å². The molecule has 3 aromatic rings. The summed E-state index contributed by atoms with van der Waals surface area (Å²) in [5.74, 6) is -1.43. The van der Waals surface area contributed by atoms with Crippen molar-refractivity contribution < 1.29 is 30.0 Å². The number of hydrogen-bond acceptors (Lipinski definition) is 10. The molecule has 9 N–H and O–H groups in total. The Hall–Kier alpha value is -4.20. The molecule has 0 spiro atoms. The van der Waals surface area contributed by atoms with E-state index in [-0.39, 0.29) is 42.2 Å². The Bertz CT molecular complexity index is 1340. The molecule has 0 aliphatic carbocycles. The molecule has 1 amide bonds. The van der Waals surface area contributed by atoms with Crippen molar-refractivity contribution in [2.45, 2.75) is 32.9 Å². The average Bonchev–Trinajstić information content (AvgIpc) is 3.26. The molecule has 41 heavy (non-hydrogen) atoms. The summed E-state index contributed by atoms with van der Waals surface area (Å²) in [7, 11) is 0. The van der Waals surface area contributed by atoms with Gasteiger partial charge in [-0.05, 0) is 67.8 Å². The third kappa shape index (κ3) is 8.90. The maximum absolute atomic E-state index is 13.0. The highest BCUT2D eigenvalue weighted by atomic mass is 16.4. The summed E-state index contributed by atoms with van der Waals surface area (Å²) in [4.78, 5) is 24.3. The number of para-hydroxylation sites is 1. The van der Waals surface area contributed by atoms with Gasteiger partial charge in [-0.2, -0.15) is 10.2 Å². The lowest BCUT2D eigenvalue weighted by molar-refractivity contribution is -0.118. The van der Waals surface area contributed by atoms with Crippen molar-refractivity contribution >= 4 is 23.3 Å². The summed E-state index contributed by atoms with van der Waals surface area (Å²) >= 11 is 0. The van der Waals surface area contributed by atoms with Gasteiger partial charge in [0.05, 0.1) is 30.5 Å².